The van der Waals surface area contributed by atoms with Crippen LogP contribution in [0.15, 0.2) is 40.1 Å². The smallest absolute Gasteiger partial charge is 0.233 e. The number of hydrogen-bond donors (Lipinski definition) is 0. The number of carbonyl (C=O) groups is 1. The Balaban J connectivity index is 1.39. The van der Waals surface area contributed by atoms with Gasteiger partial charge in [0, 0.05) is 23.0 Å². The second kappa shape index (κ2) is 7.32. The fourth-order valence-corrected chi connectivity index (χ4v) is 6.73. The standard InChI is InChI=1S/C18H20N2O3S3/c21-17(20(14-6-7-14)15-8-9-26(22,23)12-15)11-25-18-19-16(10-24-18)13-4-2-1-3-5-13/h1-5,10,14-15H,6-9,11-12H2/t15-/m0/s1. The summed E-state index contributed by atoms with van der Waals surface area (Å²) in [5.41, 5.74) is 1.99. The summed E-state index contributed by atoms with van der Waals surface area (Å²) in [4.78, 5) is 19.2. The average molecular weight is 409 g/mol. The first-order valence-corrected chi connectivity index (χ1v) is 12.4. The number of hydrogen-bond acceptors (Lipinski definition) is 6. The normalized spacial score (nSPS) is 21.6. The van der Waals surface area contributed by atoms with Crippen LogP contribution in [0, 0.1) is 0 Å². The van der Waals surface area contributed by atoms with Gasteiger partial charge in [-0.3, -0.25) is 4.79 Å². The van der Waals surface area contributed by atoms with Crippen molar-refractivity contribution in [3.8, 4) is 11.3 Å². The Labute approximate surface area is 161 Å². The van der Waals surface area contributed by atoms with Crippen LogP contribution in [0.2, 0.25) is 0 Å². The lowest BCUT2D eigenvalue weighted by Gasteiger charge is -2.28. The second-order valence-electron chi connectivity index (χ2n) is 6.74. The SMILES string of the molecule is O=C(CSc1nc(-c2ccccc2)cs1)N(C1CC1)[C@H]1CCS(=O)(=O)C1. The topological polar surface area (TPSA) is 67.3 Å². The Morgan fingerprint density at radius 1 is 1.19 bits per heavy atom. The van der Waals surface area contributed by atoms with E-state index in [9.17, 15) is 13.2 Å². The second-order valence-corrected chi connectivity index (χ2v) is 11.1. The van der Waals surface area contributed by atoms with Crippen molar-refractivity contribution in [3.63, 3.8) is 0 Å². The molecule has 1 aliphatic heterocycles. The molecule has 4 rings (SSSR count). The summed E-state index contributed by atoms with van der Waals surface area (Å²) in [6.07, 6.45) is 2.55. The number of rotatable bonds is 6. The summed E-state index contributed by atoms with van der Waals surface area (Å²) in [5, 5.41) is 2.00. The van der Waals surface area contributed by atoms with Gasteiger partial charge in [-0.25, -0.2) is 13.4 Å². The molecule has 2 heterocycles. The van der Waals surface area contributed by atoms with Crippen molar-refractivity contribution in [2.24, 2.45) is 0 Å². The lowest BCUT2D eigenvalue weighted by atomic mass is 10.2. The number of carbonyl (C=O) groups excluding carboxylic acids is 1. The molecular weight excluding hydrogens is 388 g/mol. The maximum Gasteiger partial charge on any atom is 0.233 e. The molecule has 138 valence electrons. The maximum atomic E-state index is 12.8. The summed E-state index contributed by atoms with van der Waals surface area (Å²) < 4.78 is 24.4. The van der Waals surface area contributed by atoms with E-state index in [1.165, 1.54) is 23.1 Å². The van der Waals surface area contributed by atoms with Crippen LogP contribution < -0.4 is 0 Å². The first-order chi connectivity index (χ1) is 12.5. The molecule has 0 spiro atoms. The number of thiazole rings is 1. The molecular formula is C18H20N2O3S3. The predicted molar refractivity (Wildman–Crippen MR) is 105 cm³/mol. The van der Waals surface area contributed by atoms with Gasteiger partial charge in [-0.05, 0) is 19.3 Å². The molecule has 1 aromatic heterocycles. The minimum atomic E-state index is -2.99. The van der Waals surface area contributed by atoms with E-state index in [0.717, 1.165) is 28.4 Å². The predicted octanol–water partition coefficient (Wildman–Crippen LogP) is 3.08. The molecule has 26 heavy (non-hydrogen) atoms. The van der Waals surface area contributed by atoms with Crippen LogP contribution in [-0.4, -0.2) is 53.6 Å². The van der Waals surface area contributed by atoms with Crippen molar-refractivity contribution in [1.82, 2.24) is 9.88 Å². The molecule has 0 bridgehead atoms. The van der Waals surface area contributed by atoms with Crippen LogP contribution in [0.1, 0.15) is 19.3 Å². The van der Waals surface area contributed by atoms with Crippen LogP contribution in [-0.2, 0) is 14.6 Å². The Bertz CT molecular complexity index is 891. The van der Waals surface area contributed by atoms with Gasteiger partial charge < -0.3 is 4.90 Å². The Kier molecular flexibility index (Phi) is 5.07. The zero-order valence-corrected chi connectivity index (χ0v) is 16.7. The van der Waals surface area contributed by atoms with Gasteiger partial charge in [0.2, 0.25) is 5.91 Å². The molecule has 1 atom stereocenters. The fourth-order valence-electron chi connectivity index (χ4n) is 3.32. The molecule has 1 amide bonds. The summed E-state index contributed by atoms with van der Waals surface area (Å²) in [7, 11) is -2.99. The number of amides is 1. The fraction of sp³-hybridized carbons (Fsp3) is 0.444. The van der Waals surface area contributed by atoms with E-state index < -0.39 is 9.84 Å². The van der Waals surface area contributed by atoms with Gasteiger partial charge in [0.1, 0.15) is 0 Å². The highest BCUT2D eigenvalue weighted by Gasteiger charge is 2.41. The van der Waals surface area contributed by atoms with Crippen LogP contribution >= 0.6 is 23.1 Å². The third kappa shape index (κ3) is 4.13. The average Bonchev–Trinajstić information content (AvgIpc) is 3.22. The number of nitrogens with zero attached hydrogens (tertiary/aromatic N) is 2. The number of aromatic nitrogens is 1. The van der Waals surface area contributed by atoms with Crippen molar-refractivity contribution in [1.29, 1.82) is 0 Å². The monoisotopic (exact) mass is 408 g/mol. The van der Waals surface area contributed by atoms with Gasteiger partial charge in [0.15, 0.2) is 14.2 Å². The molecule has 2 aliphatic rings. The van der Waals surface area contributed by atoms with Crippen LogP contribution in [0.5, 0.6) is 0 Å². The van der Waals surface area contributed by atoms with Gasteiger partial charge in [0.25, 0.3) is 0 Å². The maximum absolute atomic E-state index is 12.8. The molecule has 1 saturated heterocycles. The van der Waals surface area contributed by atoms with Crippen molar-refractivity contribution in [2.75, 3.05) is 17.3 Å². The molecule has 1 saturated carbocycles. The van der Waals surface area contributed by atoms with Gasteiger partial charge in [-0.1, -0.05) is 42.1 Å². The summed E-state index contributed by atoms with van der Waals surface area (Å²) in [6.45, 7) is 0. The van der Waals surface area contributed by atoms with Crippen molar-refractivity contribution in [3.05, 3.63) is 35.7 Å². The van der Waals surface area contributed by atoms with E-state index in [-0.39, 0.29) is 29.5 Å². The van der Waals surface area contributed by atoms with E-state index in [4.69, 9.17) is 0 Å². The first kappa shape index (κ1) is 18.0. The molecule has 5 nitrogen and oxygen atoms in total. The zero-order chi connectivity index (χ0) is 18.1. The van der Waals surface area contributed by atoms with Crippen LogP contribution in [0.4, 0.5) is 0 Å². The molecule has 0 N–H and O–H groups in total. The van der Waals surface area contributed by atoms with E-state index in [0.29, 0.717) is 12.2 Å². The van der Waals surface area contributed by atoms with Crippen molar-refractivity contribution >= 4 is 38.8 Å². The molecule has 1 aliphatic carbocycles. The first-order valence-electron chi connectivity index (χ1n) is 8.67. The summed E-state index contributed by atoms with van der Waals surface area (Å²) >= 11 is 2.98. The van der Waals surface area contributed by atoms with Crippen LogP contribution in [0.3, 0.4) is 0 Å². The molecule has 8 heteroatoms. The molecule has 0 radical (unpaired) electrons. The van der Waals surface area contributed by atoms with E-state index in [2.05, 4.69) is 4.98 Å². The number of thioether (sulfide) groups is 1. The highest BCUT2D eigenvalue weighted by Crippen LogP contribution is 2.34. The van der Waals surface area contributed by atoms with Crippen LogP contribution in [0.25, 0.3) is 11.3 Å². The number of sulfone groups is 1. The van der Waals surface area contributed by atoms with Gasteiger partial charge in [-0.15, -0.1) is 11.3 Å². The molecule has 1 aromatic carbocycles. The van der Waals surface area contributed by atoms with Gasteiger partial charge in [0.05, 0.1) is 23.0 Å². The lowest BCUT2D eigenvalue weighted by Crippen LogP contribution is -2.43. The van der Waals surface area contributed by atoms with E-state index in [1.807, 2.05) is 40.6 Å². The number of benzene rings is 1. The molecule has 2 fully saturated rings. The minimum Gasteiger partial charge on any atom is -0.335 e. The quantitative estimate of drug-likeness (QED) is 0.687. The van der Waals surface area contributed by atoms with E-state index >= 15 is 0 Å². The third-order valence-corrected chi connectivity index (χ3v) is 8.46. The summed E-state index contributed by atoms with van der Waals surface area (Å²) in [5.74, 6) is 0.675. The Hall–Kier alpha value is -1.38. The Morgan fingerprint density at radius 2 is 1.96 bits per heavy atom. The van der Waals surface area contributed by atoms with Crippen molar-refractivity contribution < 1.29 is 13.2 Å². The zero-order valence-electron chi connectivity index (χ0n) is 14.2. The largest absolute Gasteiger partial charge is 0.335 e. The molecule has 2 aromatic rings. The lowest BCUT2D eigenvalue weighted by molar-refractivity contribution is -0.130. The van der Waals surface area contributed by atoms with Gasteiger partial charge in [-0.2, -0.15) is 0 Å². The Morgan fingerprint density at radius 3 is 2.62 bits per heavy atom. The minimum absolute atomic E-state index is 0.0380. The van der Waals surface area contributed by atoms with Gasteiger partial charge >= 0.3 is 0 Å². The highest BCUT2D eigenvalue weighted by atomic mass is 32.2. The van der Waals surface area contributed by atoms with Crippen molar-refractivity contribution in [2.45, 2.75) is 35.7 Å². The van der Waals surface area contributed by atoms with E-state index in [1.54, 1.807) is 0 Å². The molecule has 0 unspecified atom stereocenters. The highest BCUT2D eigenvalue weighted by molar-refractivity contribution is 8.01. The summed E-state index contributed by atoms with van der Waals surface area (Å²) in [6, 6.07) is 10.1. The third-order valence-electron chi connectivity index (χ3n) is 4.70.